The van der Waals surface area contributed by atoms with Gasteiger partial charge in [0.05, 0.1) is 16.1 Å². The molecule has 12 heteroatoms. The van der Waals surface area contributed by atoms with Crippen molar-refractivity contribution in [2.45, 2.75) is 23.8 Å². The predicted molar refractivity (Wildman–Crippen MR) is 129 cm³/mol. The third kappa shape index (κ3) is 4.33. The Morgan fingerprint density at radius 3 is 2.22 bits per heavy atom. The zero-order chi connectivity index (χ0) is 25.8. The van der Waals surface area contributed by atoms with E-state index >= 15 is 4.39 Å². The van der Waals surface area contributed by atoms with Gasteiger partial charge in [0, 0.05) is 49.4 Å². The average Bonchev–Trinajstić information content (AvgIpc) is 3.69. The van der Waals surface area contributed by atoms with Crippen molar-refractivity contribution in [3.05, 3.63) is 69.8 Å². The number of primary sulfonamides is 1. The van der Waals surface area contributed by atoms with Crippen molar-refractivity contribution in [2.75, 3.05) is 31.1 Å². The lowest BCUT2D eigenvalue weighted by atomic mass is 10.1. The lowest BCUT2D eigenvalue weighted by Gasteiger charge is -2.36. The number of hydrogen-bond donors (Lipinski definition) is 2. The van der Waals surface area contributed by atoms with E-state index in [4.69, 9.17) is 5.14 Å². The number of aromatic carboxylic acids is 1. The van der Waals surface area contributed by atoms with Crippen molar-refractivity contribution in [1.29, 1.82) is 0 Å². The number of sulfonamides is 1. The molecule has 2 aliphatic rings. The maximum atomic E-state index is 15.1. The highest BCUT2D eigenvalue weighted by Crippen LogP contribution is 2.38. The Kier molecular flexibility index (Phi) is 5.80. The van der Waals surface area contributed by atoms with Crippen molar-refractivity contribution in [3.8, 4) is 0 Å². The summed E-state index contributed by atoms with van der Waals surface area (Å²) in [6, 6.07) is 8.11. The summed E-state index contributed by atoms with van der Waals surface area (Å²) in [7, 11) is -3.86. The highest BCUT2D eigenvalue weighted by Gasteiger charge is 2.29. The van der Waals surface area contributed by atoms with Crippen LogP contribution in [-0.4, -0.2) is 61.0 Å². The van der Waals surface area contributed by atoms with Crippen LogP contribution in [0, 0.1) is 5.82 Å². The summed E-state index contributed by atoms with van der Waals surface area (Å²) in [5, 5.41) is 14.5. The lowest BCUT2D eigenvalue weighted by molar-refractivity contribution is 0.0693. The molecule has 3 N–H and O–H groups in total. The Bertz CT molecular complexity index is 1560. The number of pyridine rings is 1. The van der Waals surface area contributed by atoms with E-state index in [1.807, 2.05) is 0 Å². The van der Waals surface area contributed by atoms with Crippen LogP contribution in [-0.2, 0) is 10.0 Å². The van der Waals surface area contributed by atoms with Gasteiger partial charge in [0.25, 0.3) is 5.91 Å². The molecule has 2 fully saturated rings. The number of fused-ring (bicyclic) bond motifs is 1. The molecule has 188 valence electrons. The van der Waals surface area contributed by atoms with Crippen molar-refractivity contribution in [3.63, 3.8) is 0 Å². The van der Waals surface area contributed by atoms with Gasteiger partial charge >= 0.3 is 5.97 Å². The third-order valence-electron chi connectivity index (χ3n) is 6.61. The second-order valence-corrected chi connectivity index (χ2v) is 10.5. The smallest absolute Gasteiger partial charge is 0.341 e. The van der Waals surface area contributed by atoms with Gasteiger partial charge in [0.15, 0.2) is 0 Å². The van der Waals surface area contributed by atoms with Crippen LogP contribution in [0.25, 0.3) is 10.9 Å². The fourth-order valence-electron chi connectivity index (χ4n) is 4.53. The van der Waals surface area contributed by atoms with Crippen molar-refractivity contribution < 1.29 is 27.5 Å². The van der Waals surface area contributed by atoms with Gasteiger partial charge in [-0.3, -0.25) is 9.59 Å². The van der Waals surface area contributed by atoms with Crippen LogP contribution in [0.5, 0.6) is 0 Å². The number of rotatable bonds is 5. The second kappa shape index (κ2) is 8.71. The Hall–Kier alpha value is -3.77. The zero-order valence-corrected chi connectivity index (χ0v) is 19.9. The Morgan fingerprint density at radius 1 is 1.03 bits per heavy atom. The van der Waals surface area contributed by atoms with Crippen molar-refractivity contribution in [2.24, 2.45) is 5.14 Å². The third-order valence-corrected chi connectivity index (χ3v) is 7.54. The summed E-state index contributed by atoms with van der Waals surface area (Å²) in [6.45, 7) is 1.29. The van der Waals surface area contributed by atoms with E-state index in [1.54, 1.807) is 20.4 Å². The number of carbonyl (C=O) groups excluding carboxylic acids is 1. The first-order valence-electron chi connectivity index (χ1n) is 11.3. The van der Waals surface area contributed by atoms with E-state index in [-0.39, 0.29) is 33.5 Å². The van der Waals surface area contributed by atoms with Crippen molar-refractivity contribution >= 4 is 38.5 Å². The summed E-state index contributed by atoms with van der Waals surface area (Å²) < 4.78 is 39.7. The minimum atomic E-state index is -3.86. The van der Waals surface area contributed by atoms with Gasteiger partial charge in [0.1, 0.15) is 11.4 Å². The van der Waals surface area contributed by atoms with Crippen LogP contribution in [0.4, 0.5) is 10.1 Å². The standard InChI is InChI=1S/C24H23FN4O6S/c25-19-11-17-20(29(15-3-4-15)13-18(22(17)30)24(32)33)12-21(19)27-7-9-28(10-8-27)23(31)14-1-5-16(6-2-14)36(26,34)35/h1-2,5-6,11-13,15H,3-4,7-10H2,(H,32,33)(H2,26,34,35). The molecule has 0 unspecified atom stereocenters. The molecule has 2 heterocycles. The Balaban J connectivity index is 1.39. The number of amides is 1. The summed E-state index contributed by atoms with van der Waals surface area (Å²) >= 11 is 0. The fraction of sp³-hybridized carbons (Fsp3) is 0.292. The van der Waals surface area contributed by atoms with Gasteiger partial charge in [-0.1, -0.05) is 0 Å². The van der Waals surface area contributed by atoms with Crippen LogP contribution >= 0.6 is 0 Å². The van der Waals surface area contributed by atoms with E-state index < -0.39 is 27.2 Å². The monoisotopic (exact) mass is 514 g/mol. The topological polar surface area (TPSA) is 143 Å². The molecule has 0 radical (unpaired) electrons. The number of carboxylic acids is 1. The molecule has 0 spiro atoms. The lowest BCUT2D eigenvalue weighted by Crippen LogP contribution is -2.49. The molecular formula is C24H23FN4O6S. The van der Waals surface area contributed by atoms with Gasteiger partial charge in [-0.2, -0.15) is 0 Å². The van der Waals surface area contributed by atoms with Gasteiger partial charge in [-0.25, -0.2) is 22.7 Å². The van der Waals surface area contributed by atoms with Gasteiger partial charge in [-0.05, 0) is 49.2 Å². The van der Waals surface area contributed by atoms with Crippen LogP contribution in [0.2, 0.25) is 0 Å². The Morgan fingerprint density at radius 2 is 1.67 bits per heavy atom. The molecular weight excluding hydrogens is 491 g/mol. The molecule has 1 aliphatic carbocycles. The summed E-state index contributed by atoms with van der Waals surface area (Å²) in [5.74, 6) is -2.26. The van der Waals surface area contributed by atoms with Crippen molar-refractivity contribution in [1.82, 2.24) is 9.47 Å². The average molecular weight is 515 g/mol. The molecule has 0 bridgehead atoms. The van der Waals surface area contributed by atoms with E-state index in [9.17, 15) is 27.9 Å². The first-order valence-corrected chi connectivity index (χ1v) is 12.9. The maximum absolute atomic E-state index is 15.1. The minimum Gasteiger partial charge on any atom is -0.477 e. The first-order chi connectivity index (χ1) is 17.0. The second-order valence-electron chi connectivity index (χ2n) is 8.98. The van der Waals surface area contributed by atoms with Gasteiger partial charge in [-0.15, -0.1) is 0 Å². The number of carboxylic acid groups (broad SMARTS) is 1. The van der Waals surface area contributed by atoms with E-state index in [1.165, 1.54) is 30.5 Å². The highest BCUT2D eigenvalue weighted by molar-refractivity contribution is 7.89. The molecule has 1 saturated carbocycles. The molecule has 2 aromatic carbocycles. The molecule has 1 aromatic heterocycles. The van der Waals surface area contributed by atoms with E-state index in [2.05, 4.69) is 0 Å². The molecule has 1 aliphatic heterocycles. The SMILES string of the molecule is NS(=O)(=O)c1ccc(C(=O)N2CCN(c3cc4c(cc3F)c(=O)c(C(=O)O)cn4C3CC3)CC2)cc1. The van der Waals surface area contributed by atoms with Crippen LogP contribution < -0.4 is 15.5 Å². The van der Waals surface area contributed by atoms with Gasteiger partial charge < -0.3 is 19.5 Å². The number of aromatic nitrogens is 1. The molecule has 10 nitrogen and oxygen atoms in total. The van der Waals surface area contributed by atoms with E-state index in [0.717, 1.165) is 18.9 Å². The summed E-state index contributed by atoms with van der Waals surface area (Å²) in [4.78, 5) is 40.4. The number of benzene rings is 2. The molecule has 3 aromatic rings. The fourth-order valence-corrected chi connectivity index (χ4v) is 5.04. The quantitative estimate of drug-likeness (QED) is 0.528. The van der Waals surface area contributed by atoms with Crippen LogP contribution in [0.15, 0.2) is 52.3 Å². The number of hydrogen-bond acceptors (Lipinski definition) is 6. The normalized spacial score (nSPS) is 16.4. The predicted octanol–water partition coefficient (Wildman–Crippen LogP) is 1.78. The molecule has 5 rings (SSSR count). The number of anilines is 1. The van der Waals surface area contributed by atoms with Gasteiger partial charge in [0.2, 0.25) is 15.5 Å². The zero-order valence-electron chi connectivity index (χ0n) is 19.1. The summed E-state index contributed by atoms with van der Waals surface area (Å²) in [6.07, 6.45) is 3.04. The van der Waals surface area contributed by atoms with Crippen LogP contribution in [0.3, 0.4) is 0 Å². The molecule has 1 saturated heterocycles. The number of nitrogens with two attached hydrogens (primary N) is 1. The molecule has 1 amide bonds. The van der Waals surface area contributed by atoms with Crippen LogP contribution in [0.1, 0.15) is 39.6 Å². The highest BCUT2D eigenvalue weighted by atomic mass is 32.2. The molecule has 0 atom stereocenters. The number of piperazine rings is 1. The Labute approximate surface area is 205 Å². The minimum absolute atomic E-state index is 0.0276. The van der Waals surface area contributed by atoms with E-state index in [0.29, 0.717) is 37.3 Å². The first kappa shape index (κ1) is 23.9. The summed E-state index contributed by atoms with van der Waals surface area (Å²) in [5.41, 5.74) is -0.0220. The number of nitrogens with zero attached hydrogens (tertiary/aromatic N) is 3. The molecule has 36 heavy (non-hydrogen) atoms. The number of carbonyl (C=O) groups is 2. The largest absolute Gasteiger partial charge is 0.477 e. The maximum Gasteiger partial charge on any atom is 0.341 e. The number of halogens is 1.